The normalized spacial score (nSPS) is 16.0. The van der Waals surface area contributed by atoms with Crippen molar-refractivity contribution in [3.05, 3.63) is 47.3 Å². The highest BCUT2D eigenvalue weighted by Gasteiger charge is 2.28. The first-order valence-corrected chi connectivity index (χ1v) is 8.16. The topological polar surface area (TPSA) is 59.0 Å². The highest BCUT2D eigenvalue weighted by molar-refractivity contribution is 5.78. The van der Waals surface area contributed by atoms with Crippen LogP contribution in [0.15, 0.2) is 30.3 Å². The molecule has 0 radical (unpaired) electrons. The number of hydrogen-bond donors (Lipinski definition) is 2. The van der Waals surface area contributed by atoms with Gasteiger partial charge in [0.2, 0.25) is 5.91 Å². The average molecular weight is 312 g/mol. The van der Waals surface area contributed by atoms with E-state index in [1.807, 2.05) is 49.7 Å². The quantitative estimate of drug-likeness (QED) is 0.887. The molecule has 2 N–H and O–H groups in total. The van der Waals surface area contributed by atoms with Gasteiger partial charge in [-0.1, -0.05) is 25.1 Å². The molecular weight excluding hydrogens is 288 g/mol. The summed E-state index contributed by atoms with van der Waals surface area (Å²) >= 11 is 0. The minimum absolute atomic E-state index is 0.0529. The summed E-state index contributed by atoms with van der Waals surface area (Å²) in [5.74, 6) is 0.637. The molecule has 0 saturated carbocycles. The van der Waals surface area contributed by atoms with E-state index >= 15 is 0 Å². The van der Waals surface area contributed by atoms with Crippen LogP contribution in [0, 0.1) is 25.7 Å². The maximum absolute atomic E-state index is 12.3. The first-order chi connectivity index (χ1) is 11.1. The van der Waals surface area contributed by atoms with Crippen LogP contribution in [0.1, 0.15) is 23.9 Å². The van der Waals surface area contributed by atoms with Crippen molar-refractivity contribution in [2.45, 2.75) is 27.3 Å². The number of amides is 1. The molecule has 0 aliphatic carbocycles. The van der Waals surface area contributed by atoms with Crippen molar-refractivity contribution in [1.29, 1.82) is 0 Å². The Labute approximate surface area is 137 Å². The number of aryl methyl sites for hydroxylation is 2. The zero-order valence-corrected chi connectivity index (χ0v) is 14.0. The van der Waals surface area contributed by atoms with Gasteiger partial charge in [0.1, 0.15) is 0 Å². The van der Waals surface area contributed by atoms with Crippen LogP contribution in [-0.4, -0.2) is 28.8 Å². The molecule has 1 unspecified atom stereocenters. The number of hydrogen-bond acceptors (Lipinski definition) is 3. The molecule has 1 fully saturated rings. The van der Waals surface area contributed by atoms with Crippen molar-refractivity contribution in [3.63, 3.8) is 0 Å². The van der Waals surface area contributed by atoms with E-state index in [0.717, 1.165) is 35.7 Å². The number of carbonyl (C=O) groups is 1. The molecule has 3 rings (SSSR count). The minimum Gasteiger partial charge on any atom is -0.352 e. The largest absolute Gasteiger partial charge is 0.352 e. The van der Waals surface area contributed by atoms with Crippen molar-refractivity contribution >= 4 is 5.91 Å². The molecule has 1 aliphatic rings. The van der Waals surface area contributed by atoms with E-state index in [1.54, 1.807) is 0 Å². The Morgan fingerprint density at radius 3 is 2.74 bits per heavy atom. The van der Waals surface area contributed by atoms with Gasteiger partial charge >= 0.3 is 0 Å². The van der Waals surface area contributed by atoms with Crippen LogP contribution in [0.5, 0.6) is 0 Å². The van der Waals surface area contributed by atoms with Gasteiger partial charge in [0, 0.05) is 18.2 Å². The molecular formula is C18H24N4O. The van der Waals surface area contributed by atoms with Gasteiger partial charge in [-0.05, 0) is 50.6 Å². The number of aromatic nitrogens is 2. The molecule has 122 valence electrons. The number of carbonyl (C=O) groups excluding carboxylic acids is 1. The predicted octanol–water partition coefficient (Wildman–Crippen LogP) is 1.96. The van der Waals surface area contributed by atoms with Crippen molar-refractivity contribution in [3.8, 4) is 5.69 Å². The van der Waals surface area contributed by atoms with Crippen LogP contribution in [0.3, 0.4) is 0 Å². The third-order valence-corrected chi connectivity index (χ3v) is 4.62. The molecule has 0 bridgehead atoms. The number of benzene rings is 1. The van der Waals surface area contributed by atoms with Crippen LogP contribution in [0.2, 0.25) is 0 Å². The maximum Gasteiger partial charge on any atom is 0.223 e. The van der Waals surface area contributed by atoms with E-state index < -0.39 is 0 Å². The highest BCUT2D eigenvalue weighted by atomic mass is 16.1. The van der Waals surface area contributed by atoms with E-state index in [-0.39, 0.29) is 11.8 Å². The van der Waals surface area contributed by atoms with Gasteiger partial charge in [-0.3, -0.25) is 4.79 Å². The summed E-state index contributed by atoms with van der Waals surface area (Å²) in [6.07, 6.45) is 0. The minimum atomic E-state index is 0.0529. The zero-order chi connectivity index (χ0) is 16.4. The van der Waals surface area contributed by atoms with Gasteiger partial charge in [0.15, 0.2) is 0 Å². The van der Waals surface area contributed by atoms with Crippen LogP contribution >= 0.6 is 0 Å². The summed E-state index contributed by atoms with van der Waals surface area (Å²) in [5, 5.41) is 10.8. The third kappa shape index (κ3) is 3.29. The molecule has 2 aromatic rings. The Kier molecular flexibility index (Phi) is 4.48. The number of para-hydroxylation sites is 1. The van der Waals surface area contributed by atoms with Crippen LogP contribution < -0.4 is 10.6 Å². The van der Waals surface area contributed by atoms with Gasteiger partial charge in [0.25, 0.3) is 0 Å². The third-order valence-electron chi connectivity index (χ3n) is 4.62. The molecule has 0 spiro atoms. The summed E-state index contributed by atoms with van der Waals surface area (Å²) in [6, 6.07) is 10.1. The SMILES string of the molecule is Cc1cc(C)n(-c2ccccc2CNC(=O)C(C)C2CNC2)n1. The summed E-state index contributed by atoms with van der Waals surface area (Å²) < 4.78 is 1.94. The second kappa shape index (κ2) is 6.54. The Morgan fingerprint density at radius 2 is 2.13 bits per heavy atom. The van der Waals surface area contributed by atoms with E-state index in [9.17, 15) is 4.79 Å². The molecule has 1 aromatic carbocycles. The fourth-order valence-electron chi connectivity index (χ4n) is 2.96. The van der Waals surface area contributed by atoms with Gasteiger partial charge in [-0.25, -0.2) is 4.68 Å². The molecule has 1 atom stereocenters. The van der Waals surface area contributed by atoms with Crippen LogP contribution in [0.25, 0.3) is 5.69 Å². The maximum atomic E-state index is 12.3. The molecule has 2 heterocycles. The van der Waals surface area contributed by atoms with Gasteiger partial charge < -0.3 is 10.6 Å². The van der Waals surface area contributed by atoms with Crippen molar-refractivity contribution in [2.24, 2.45) is 11.8 Å². The number of rotatable bonds is 5. The van der Waals surface area contributed by atoms with Gasteiger partial charge in [-0.2, -0.15) is 5.10 Å². The van der Waals surface area contributed by atoms with E-state index in [4.69, 9.17) is 0 Å². The molecule has 1 saturated heterocycles. The lowest BCUT2D eigenvalue weighted by atomic mass is 9.88. The molecule has 1 amide bonds. The molecule has 5 nitrogen and oxygen atoms in total. The first kappa shape index (κ1) is 15.7. The number of nitrogens with one attached hydrogen (secondary N) is 2. The van der Waals surface area contributed by atoms with Gasteiger partial charge in [0.05, 0.1) is 11.4 Å². The lowest BCUT2D eigenvalue weighted by molar-refractivity contribution is -0.126. The van der Waals surface area contributed by atoms with E-state index in [0.29, 0.717) is 12.5 Å². The monoisotopic (exact) mass is 312 g/mol. The van der Waals surface area contributed by atoms with Crippen LogP contribution in [0.4, 0.5) is 0 Å². The summed E-state index contributed by atoms with van der Waals surface area (Å²) in [6.45, 7) is 8.45. The number of nitrogens with zero attached hydrogens (tertiary/aromatic N) is 2. The van der Waals surface area contributed by atoms with E-state index in [2.05, 4.69) is 21.8 Å². The second-order valence-corrected chi connectivity index (χ2v) is 6.39. The standard InChI is InChI=1S/C18H24N4O/c1-12-8-13(2)22(21-12)17-7-5-4-6-15(17)11-20-18(23)14(3)16-9-19-10-16/h4-8,14,16,19H,9-11H2,1-3H3,(H,20,23). The Balaban J connectivity index is 1.73. The molecule has 1 aliphatic heterocycles. The summed E-state index contributed by atoms with van der Waals surface area (Å²) in [5.41, 5.74) is 4.19. The summed E-state index contributed by atoms with van der Waals surface area (Å²) in [7, 11) is 0. The van der Waals surface area contributed by atoms with Crippen molar-refractivity contribution < 1.29 is 4.79 Å². The Bertz CT molecular complexity index is 703. The zero-order valence-electron chi connectivity index (χ0n) is 14.0. The lowest BCUT2D eigenvalue weighted by Crippen LogP contribution is -2.49. The van der Waals surface area contributed by atoms with E-state index in [1.165, 1.54) is 0 Å². The van der Waals surface area contributed by atoms with Crippen molar-refractivity contribution in [2.75, 3.05) is 13.1 Å². The average Bonchev–Trinajstić information content (AvgIpc) is 2.81. The molecule has 1 aromatic heterocycles. The summed E-state index contributed by atoms with van der Waals surface area (Å²) in [4.78, 5) is 12.3. The second-order valence-electron chi connectivity index (χ2n) is 6.39. The molecule has 5 heteroatoms. The first-order valence-electron chi connectivity index (χ1n) is 8.16. The fraction of sp³-hybridized carbons (Fsp3) is 0.444. The Morgan fingerprint density at radius 1 is 1.39 bits per heavy atom. The van der Waals surface area contributed by atoms with Crippen molar-refractivity contribution in [1.82, 2.24) is 20.4 Å². The smallest absolute Gasteiger partial charge is 0.223 e. The predicted molar refractivity (Wildman–Crippen MR) is 90.4 cm³/mol. The lowest BCUT2D eigenvalue weighted by Gasteiger charge is -2.31. The fourth-order valence-corrected chi connectivity index (χ4v) is 2.96. The Hall–Kier alpha value is -2.14. The molecule has 23 heavy (non-hydrogen) atoms. The van der Waals surface area contributed by atoms with Gasteiger partial charge in [-0.15, -0.1) is 0 Å². The van der Waals surface area contributed by atoms with Crippen LogP contribution in [-0.2, 0) is 11.3 Å². The highest BCUT2D eigenvalue weighted by Crippen LogP contribution is 2.18.